The van der Waals surface area contributed by atoms with Gasteiger partial charge in [0, 0.05) is 11.5 Å². The van der Waals surface area contributed by atoms with Crippen LogP contribution in [0.15, 0.2) is 59.0 Å². The van der Waals surface area contributed by atoms with Crippen LogP contribution in [0.3, 0.4) is 0 Å². The van der Waals surface area contributed by atoms with Gasteiger partial charge in [-0.15, -0.1) is 0 Å². The second-order valence-corrected chi connectivity index (χ2v) is 9.79. The third-order valence-corrected chi connectivity index (χ3v) is 7.11. The molecule has 0 N–H and O–H groups in total. The van der Waals surface area contributed by atoms with Crippen LogP contribution >= 0.6 is 0 Å². The Morgan fingerprint density at radius 3 is 2.66 bits per heavy atom. The molecule has 1 aliphatic rings. The molecule has 35 heavy (non-hydrogen) atoms. The summed E-state index contributed by atoms with van der Waals surface area (Å²) >= 11 is 0. The molecule has 0 radical (unpaired) electrons. The zero-order chi connectivity index (χ0) is 24.6. The van der Waals surface area contributed by atoms with Crippen LogP contribution in [-0.4, -0.2) is 16.9 Å². The lowest BCUT2D eigenvalue weighted by Crippen LogP contribution is -2.24. The fraction of sp³-hybridized carbons (Fsp3) is 0.433. The predicted octanol–water partition coefficient (Wildman–Crippen LogP) is 6.77. The lowest BCUT2D eigenvalue weighted by Gasteiger charge is -2.29. The third kappa shape index (κ3) is 6.90. The number of hydrogen-bond acceptors (Lipinski definition) is 5. The third-order valence-electron chi connectivity index (χ3n) is 7.11. The summed E-state index contributed by atoms with van der Waals surface area (Å²) in [6.07, 6.45) is 6.83. The number of nitriles is 1. The maximum atomic E-state index is 12.3. The number of oxazole rings is 1. The first-order valence-corrected chi connectivity index (χ1v) is 12.6. The zero-order valence-corrected chi connectivity index (χ0v) is 20.7. The van der Waals surface area contributed by atoms with Gasteiger partial charge in [-0.3, -0.25) is 4.79 Å². The molecule has 3 aromatic rings. The first-order chi connectivity index (χ1) is 17.0. The van der Waals surface area contributed by atoms with E-state index >= 15 is 0 Å². The van der Waals surface area contributed by atoms with Gasteiger partial charge < -0.3 is 9.15 Å². The number of aromatic nitrogens is 1. The van der Waals surface area contributed by atoms with Crippen LogP contribution in [-0.2, 0) is 22.6 Å². The van der Waals surface area contributed by atoms with Crippen LogP contribution in [0.1, 0.15) is 61.1 Å². The van der Waals surface area contributed by atoms with E-state index in [1.165, 1.54) is 5.56 Å². The molecule has 1 heterocycles. The van der Waals surface area contributed by atoms with Gasteiger partial charge in [-0.25, -0.2) is 4.98 Å². The van der Waals surface area contributed by atoms with E-state index in [-0.39, 0.29) is 17.8 Å². The van der Waals surface area contributed by atoms with Crippen molar-refractivity contribution in [3.63, 3.8) is 0 Å². The van der Waals surface area contributed by atoms with Gasteiger partial charge in [0.25, 0.3) is 0 Å². The monoisotopic (exact) mass is 470 g/mol. The summed E-state index contributed by atoms with van der Waals surface area (Å²) in [5, 5.41) is 9.22. The lowest BCUT2D eigenvalue weighted by molar-refractivity contribution is -0.117. The normalized spacial score (nSPS) is 18.7. The predicted molar refractivity (Wildman–Crippen MR) is 135 cm³/mol. The van der Waals surface area contributed by atoms with E-state index in [2.05, 4.69) is 24.0 Å². The van der Waals surface area contributed by atoms with Gasteiger partial charge in [-0.2, -0.15) is 5.26 Å². The van der Waals surface area contributed by atoms with Crippen LogP contribution in [0.25, 0.3) is 11.5 Å². The first kappa shape index (κ1) is 24.9. The maximum absolute atomic E-state index is 12.3. The van der Waals surface area contributed by atoms with Crippen LogP contribution < -0.4 is 0 Å². The van der Waals surface area contributed by atoms with E-state index in [4.69, 9.17) is 9.15 Å². The second-order valence-electron chi connectivity index (χ2n) is 9.79. The molecule has 182 valence electrons. The number of aryl methyl sites for hydroxylation is 2. The van der Waals surface area contributed by atoms with Gasteiger partial charge in [0.1, 0.15) is 17.5 Å². The topological polar surface area (TPSA) is 76.1 Å². The highest BCUT2D eigenvalue weighted by molar-refractivity contribution is 5.95. The average molecular weight is 471 g/mol. The highest BCUT2D eigenvalue weighted by Crippen LogP contribution is 2.32. The molecule has 0 saturated heterocycles. The number of Topliss-reactive ketones (excluding diaryl/α,β-unsaturated/α-hetero) is 1. The molecular weight excluding hydrogens is 436 g/mol. The summed E-state index contributed by atoms with van der Waals surface area (Å²) in [5.74, 6) is 1.41. The molecule has 5 heteroatoms. The Hall–Kier alpha value is -3.23. The first-order valence-electron chi connectivity index (χ1n) is 12.6. The smallest absolute Gasteiger partial charge is 0.235 e. The maximum Gasteiger partial charge on any atom is 0.235 e. The van der Waals surface area contributed by atoms with Gasteiger partial charge in [-0.1, -0.05) is 60.9 Å². The van der Waals surface area contributed by atoms with Gasteiger partial charge in [-0.05, 0) is 69.6 Å². The van der Waals surface area contributed by atoms with Crippen molar-refractivity contribution in [1.82, 2.24) is 4.98 Å². The molecular formula is C30H34N2O3. The molecule has 0 amide bonds. The molecule has 3 unspecified atom stereocenters. The van der Waals surface area contributed by atoms with Crippen molar-refractivity contribution in [2.24, 2.45) is 11.8 Å². The van der Waals surface area contributed by atoms with Crippen molar-refractivity contribution in [2.45, 2.75) is 71.5 Å². The second kappa shape index (κ2) is 12.0. The standard InChI is InChI=1S/C30H34N2O3/c1-21-11-14-25(15-12-21)30-32-28(22(2)35-30)20-34-27-10-6-9-24(18-27)13-16-26(29(33)19-31)17-23-7-4-3-5-8-23/h3-5,7-8,11-12,14-15,24,26-27H,6,9-10,13,16-18,20H2,1-2H3. The van der Waals surface area contributed by atoms with E-state index in [9.17, 15) is 10.1 Å². The Morgan fingerprint density at radius 1 is 1.14 bits per heavy atom. The molecule has 0 aliphatic heterocycles. The van der Waals surface area contributed by atoms with Crippen molar-refractivity contribution >= 4 is 5.78 Å². The van der Waals surface area contributed by atoms with Crippen LogP contribution in [0.4, 0.5) is 0 Å². The number of rotatable bonds is 10. The van der Waals surface area contributed by atoms with E-state index in [1.807, 2.05) is 55.5 Å². The quantitative estimate of drug-likeness (QED) is 0.306. The summed E-state index contributed by atoms with van der Waals surface area (Å²) in [6, 6.07) is 20.0. The van der Waals surface area contributed by atoms with Crippen molar-refractivity contribution in [3.05, 3.63) is 77.2 Å². The molecule has 0 bridgehead atoms. The van der Waals surface area contributed by atoms with Crippen molar-refractivity contribution in [2.75, 3.05) is 0 Å². The Kier molecular flexibility index (Phi) is 8.50. The molecule has 1 aliphatic carbocycles. The van der Waals surface area contributed by atoms with E-state index in [1.54, 1.807) is 0 Å². The van der Waals surface area contributed by atoms with Crippen LogP contribution in [0.2, 0.25) is 0 Å². The summed E-state index contributed by atoms with van der Waals surface area (Å²) in [5.41, 5.74) is 4.14. The van der Waals surface area contributed by atoms with Crippen molar-refractivity contribution in [3.8, 4) is 17.5 Å². The number of nitrogens with zero attached hydrogens (tertiary/aromatic N) is 2. The largest absolute Gasteiger partial charge is 0.441 e. The minimum atomic E-state index is -0.302. The van der Waals surface area contributed by atoms with Crippen LogP contribution in [0.5, 0.6) is 0 Å². The highest BCUT2D eigenvalue weighted by atomic mass is 16.5. The minimum Gasteiger partial charge on any atom is -0.441 e. The van der Waals surface area contributed by atoms with Crippen LogP contribution in [0, 0.1) is 37.0 Å². The molecule has 2 aromatic carbocycles. The molecule has 1 fully saturated rings. The fourth-order valence-corrected chi connectivity index (χ4v) is 4.99. The number of carbonyl (C=O) groups excluding carboxylic acids is 1. The number of hydrogen-bond donors (Lipinski definition) is 0. The minimum absolute atomic E-state index is 0.187. The Balaban J connectivity index is 1.29. The van der Waals surface area contributed by atoms with E-state index in [0.717, 1.165) is 61.1 Å². The summed E-state index contributed by atoms with van der Waals surface area (Å²) in [7, 11) is 0. The lowest BCUT2D eigenvalue weighted by atomic mass is 9.81. The van der Waals surface area contributed by atoms with Gasteiger partial charge >= 0.3 is 0 Å². The molecule has 0 spiro atoms. The SMILES string of the molecule is Cc1ccc(-c2nc(COC3CCCC(CCC(Cc4ccccc4)C(=O)C#N)C3)c(C)o2)cc1. The summed E-state index contributed by atoms with van der Waals surface area (Å²) < 4.78 is 12.2. The Bertz CT molecular complexity index is 1140. The number of carbonyl (C=O) groups is 1. The Labute approximate surface area is 208 Å². The molecule has 1 aromatic heterocycles. The number of benzene rings is 2. The van der Waals surface area contributed by atoms with Crippen molar-refractivity contribution < 1.29 is 13.9 Å². The van der Waals surface area contributed by atoms with E-state index in [0.29, 0.717) is 24.8 Å². The zero-order valence-electron chi connectivity index (χ0n) is 20.7. The van der Waals surface area contributed by atoms with E-state index < -0.39 is 0 Å². The molecule has 1 saturated carbocycles. The number of ether oxygens (including phenoxy) is 1. The van der Waals surface area contributed by atoms with Crippen molar-refractivity contribution in [1.29, 1.82) is 5.26 Å². The Morgan fingerprint density at radius 2 is 1.91 bits per heavy atom. The molecule has 3 atom stereocenters. The summed E-state index contributed by atoms with van der Waals surface area (Å²) in [6.45, 7) is 4.44. The number of ketones is 1. The fourth-order valence-electron chi connectivity index (χ4n) is 4.99. The van der Waals surface area contributed by atoms with Gasteiger partial charge in [0.2, 0.25) is 11.7 Å². The molecule has 5 nitrogen and oxygen atoms in total. The van der Waals surface area contributed by atoms with Gasteiger partial charge in [0.05, 0.1) is 12.7 Å². The summed E-state index contributed by atoms with van der Waals surface area (Å²) in [4.78, 5) is 16.9. The molecule has 4 rings (SSSR count). The van der Waals surface area contributed by atoms with Gasteiger partial charge in [0.15, 0.2) is 0 Å². The highest BCUT2D eigenvalue weighted by Gasteiger charge is 2.26. The average Bonchev–Trinajstić information content (AvgIpc) is 3.26.